The van der Waals surface area contributed by atoms with Gasteiger partial charge in [-0.25, -0.2) is 13.1 Å². The topological polar surface area (TPSA) is 103 Å². The molecule has 8 nitrogen and oxygen atoms in total. The second kappa shape index (κ2) is 10.1. The summed E-state index contributed by atoms with van der Waals surface area (Å²) in [5, 5.41) is 2.85. The maximum Gasteiger partial charge on any atom is 0.241 e. The number of hydrogen-bond acceptors (Lipinski definition) is 6. The Morgan fingerprint density at radius 1 is 1.00 bits per heavy atom. The van der Waals surface area contributed by atoms with Gasteiger partial charge in [-0.05, 0) is 54.4 Å². The number of nitrogens with one attached hydrogen (secondary N) is 2. The zero-order valence-electron chi connectivity index (χ0n) is 18.9. The van der Waals surface area contributed by atoms with Crippen molar-refractivity contribution in [1.82, 2.24) is 10.0 Å². The molecule has 1 amide bonds. The summed E-state index contributed by atoms with van der Waals surface area (Å²) < 4.78 is 44.6. The Morgan fingerprint density at radius 2 is 1.71 bits per heavy atom. The number of carbonyl (C=O) groups excluding carboxylic acids is 1. The number of fused-ring (bicyclic) bond motifs is 1. The third-order valence-electron chi connectivity index (χ3n) is 5.46. The third-order valence-corrected chi connectivity index (χ3v) is 6.95. The van der Waals surface area contributed by atoms with Crippen LogP contribution in [-0.4, -0.2) is 28.2 Å². The standard InChI is InChI=1S/C25H26N2O6S/c1-17-3-10-21(11-4-17)34(29,30)27-22(19-6-8-20(31-2)9-7-19)14-25(28)26-15-18-5-12-23-24(13-18)33-16-32-23/h3-13,22,27H,14-16H2,1-2H3,(H,26,28)/t22-/m0/s1. The van der Waals surface area contributed by atoms with Gasteiger partial charge in [-0.3, -0.25) is 4.79 Å². The van der Waals surface area contributed by atoms with E-state index in [1.807, 2.05) is 19.1 Å². The lowest BCUT2D eigenvalue weighted by atomic mass is 10.0. The van der Waals surface area contributed by atoms with Crippen molar-refractivity contribution in [2.45, 2.75) is 30.8 Å². The monoisotopic (exact) mass is 482 g/mol. The fraction of sp³-hybridized carbons (Fsp3) is 0.240. The summed E-state index contributed by atoms with van der Waals surface area (Å²) in [5.41, 5.74) is 2.45. The first-order valence-electron chi connectivity index (χ1n) is 10.7. The second-order valence-corrected chi connectivity index (χ2v) is 9.64. The van der Waals surface area contributed by atoms with Gasteiger partial charge in [0.15, 0.2) is 11.5 Å². The summed E-state index contributed by atoms with van der Waals surface area (Å²) in [7, 11) is -2.30. The first-order chi connectivity index (χ1) is 16.3. The molecular formula is C25H26N2O6S. The van der Waals surface area contributed by atoms with Crippen LogP contribution >= 0.6 is 0 Å². The zero-order valence-corrected chi connectivity index (χ0v) is 19.7. The van der Waals surface area contributed by atoms with E-state index in [4.69, 9.17) is 14.2 Å². The molecule has 1 atom stereocenters. The smallest absolute Gasteiger partial charge is 0.241 e. The molecule has 1 aliphatic rings. The first-order valence-corrected chi connectivity index (χ1v) is 12.2. The third kappa shape index (κ3) is 5.67. The molecule has 4 rings (SSSR count). The van der Waals surface area contributed by atoms with Gasteiger partial charge in [-0.2, -0.15) is 0 Å². The molecule has 9 heteroatoms. The van der Waals surface area contributed by atoms with Crippen molar-refractivity contribution in [3.05, 3.63) is 83.4 Å². The molecule has 0 radical (unpaired) electrons. The predicted octanol–water partition coefficient (Wildman–Crippen LogP) is 3.46. The van der Waals surface area contributed by atoms with Crippen LogP contribution < -0.4 is 24.2 Å². The Bertz CT molecular complexity index is 1260. The summed E-state index contributed by atoms with van der Waals surface area (Å²) in [6.07, 6.45) is -0.0814. The molecule has 3 aromatic rings. The van der Waals surface area contributed by atoms with Gasteiger partial charge in [-0.1, -0.05) is 35.9 Å². The number of methoxy groups -OCH3 is 1. The Morgan fingerprint density at radius 3 is 2.41 bits per heavy atom. The SMILES string of the molecule is COc1ccc([C@H](CC(=O)NCc2ccc3c(c2)OCO3)NS(=O)(=O)c2ccc(C)cc2)cc1. The van der Waals surface area contributed by atoms with Crippen LogP contribution in [0.5, 0.6) is 17.2 Å². The van der Waals surface area contributed by atoms with Gasteiger partial charge in [0.2, 0.25) is 22.7 Å². The Labute approximate surface area is 198 Å². The van der Waals surface area contributed by atoms with E-state index in [1.165, 1.54) is 0 Å². The summed E-state index contributed by atoms with van der Waals surface area (Å²) in [5.74, 6) is 1.63. The van der Waals surface area contributed by atoms with Gasteiger partial charge >= 0.3 is 0 Å². The van der Waals surface area contributed by atoms with Gasteiger partial charge < -0.3 is 19.5 Å². The lowest BCUT2D eigenvalue weighted by molar-refractivity contribution is -0.121. The van der Waals surface area contributed by atoms with Crippen LogP contribution in [-0.2, 0) is 21.4 Å². The maximum absolute atomic E-state index is 13.0. The summed E-state index contributed by atoms with van der Waals surface area (Å²) in [6.45, 7) is 2.33. The highest BCUT2D eigenvalue weighted by atomic mass is 32.2. The van der Waals surface area contributed by atoms with Crippen molar-refractivity contribution >= 4 is 15.9 Å². The van der Waals surface area contributed by atoms with E-state index in [0.717, 1.165) is 11.1 Å². The number of hydrogen-bond donors (Lipinski definition) is 2. The van der Waals surface area contributed by atoms with E-state index in [2.05, 4.69) is 10.0 Å². The van der Waals surface area contributed by atoms with Crippen molar-refractivity contribution in [3.63, 3.8) is 0 Å². The van der Waals surface area contributed by atoms with Gasteiger partial charge in [0.1, 0.15) is 5.75 Å². The quantitative estimate of drug-likeness (QED) is 0.484. The molecule has 0 bridgehead atoms. The zero-order chi connectivity index (χ0) is 24.1. The van der Waals surface area contributed by atoms with Crippen LogP contribution in [0, 0.1) is 6.92 Å². The fourth-order valence-corrected chi connectivity index (χ4v) is 4.77. The summed E-state index contributed by atoms with van der Waals surface area (Å²) in [4.78, 5) is 12.9. The van der Waals surface area contributed by atoms with Crippen molar-refractivity contribution in [2.75, 3.05) is 13.9 Å². The minimum Gasteiger partial charge on any atom is -0.497 e. The molecule has 0 spiro atoms. The number of benzene rings is 3. The molecular weight excluding hydrogens is 456 g/mol. The molecule has 0 saturated heterocycles. The van der Waals surface area contributed by atoms with Crippen molar-refractivity contribution in [3.8, 4) is 17.2 Å². The van der Waals surface area contributed by atoms with E-state index < -0.39 is 16.1 Å². The van der Waals surface area contributed by atoms with E-state index in [0.29, 0.717) is 22.8 Å². The summed E-state index contributed by atoms with van der Waals surface area (Å²) in [6, 6.07) is 18.2. The molecule has 1 aliphatic heterocycles. The number of aryl methyl sites for hydroxylation is 1. The Hall–Kier alpha value is -3.56. The lowest BCUT2D eigenvalue weighted by Crippen LogP contribution is -2.33. The van der Waals surface area contributed by atoms with Crippen molar-refractivity contribution < 1.29 is 27.4 Å². The number of sulfonamides is 1. The lowest BCUT2D eigenvalue weighted by Gasteiger charge is -2.20. The van der Waals surface area contributed by atoms with Crippen LogP contribution in [0.3, 0.4) is 0 Å². The van der Waals surface area contributed by atoms with Crippen LogP contribution in [0.25, 0.3) is 0 Å². The highest BCUT2D eigenvalue weighted by Crippen LogP contribution is 2.32. The molecule has 178 valence electrons. The van der Waals surface area contributed by atoms with Crippen LogP contribution in [0.1, 0.15) is 29.2 Å². The van der Waals surface area contributed by atoms with Crippen molar-refractivity contribution in [2.24, 2.45) is 0 Å². The molecule has 0 fully saturated rings. The number of amides is 1. The van der Waals surface area contributed by atoms with E-state index in [1.54, 1.807) is 61.7 Å². The van der Waals surface area contributed by atoms with Crippen molar-refractivity contribution in [1.29, 1.82) is 0 Å². The number of rotatable bonds is 9. The predicted molar refractivity (Wildman–Crippen MR) is 126 cm³/mol. The maximum atomic E-state index is 13.0. The van der Waals surface area contributed by atoms with Gasteiger partial charge in [0, 0.05) is 13.0 Å². The normalized spacial score (nSPS) is 13.4. The first kappa shape index (κ1) is 23.6. The minimum absolute atomic E-state index is 0.0814. The summed E-state index contributed by atoms with van der Waals surface area (Å²) >= 11 is 0. The molecule has 2 N–H and O–H groups in total. The van der Waals surface area contributed by atoms with Gasteiger partial charge in [-0.15, -0.1) is 0 Å². The minimum atomic E-state index is -3.85. The van der Waals surface area contributed by atoms with Crippen LogP contribution in [0.4, 0.5) is 0 Å². The molecule has 1 heterocycles. The largest absolute Gasteiger partial charge is 0.497 e. The Kier molecular flexibility index (Phi) is 7.04. The Balaban J connectivity index is 1.49. The second-order valence-electron chi connectivity index (χ2n) is 7.93. The number of carbonyl (C=O) groups is 1. The average Bonchev–Trinajstić information content (AvgIpc) is 3.30. The average molecular weight is 483 g/mol. The highest BCUT2D eigenvalue weighted by molar-refractivity contribution is 7.89. The van der Waals surface area contributed by atoms with E-state index >= 15 is 0 Å². The van der Waals surface area contributed by atoms with Crippen LogP contribution in [0.2, 0.25) is 0 Å². The number of ether oxygens (including phenoxy) is 3. The van der Waals surface area contributed by atoms with Crippen LogP contribution in [0.15, 0.2) is 71.6 Å². The van der Waals surface area contributed by atoms with Gasteiger partial charge in [0.25, 0.3) is 0 Å². The molecule has 3 aromatic carbocycles. The molecule has 0 aromatic heterocycles. The highest BCUT2D eigenvalue weighted by Gasteiger charge is 2.24. The molecule has 0 aliphatic carbocycles. The van der Waals surface area contributed by atoms with E-state index in [-0.39, 0.29) is 30.6 Å². The fourth-order valence-electron chi connectivity index (χ4n) is 3.55. The molecule has 0 unspecified atom stereocenters. The van der Waals surface area contributed by atoms with E-state index in [9.17, 15) is 13.2 Å². The van der Waals surface area contributed by atoms with Gasteiger partial charge in [0.05, 0.1) is 18.0 Å². The molecule has 0 saturated carbocycles. The molecule has 34 heavy (non-hydrogen) atoms.